The van der Waals surface area contributed by atoms with Crippen molar-refractivity contribution in [2.75, 3.05) is 6.61 Å². The molecule has 0 saturated heterocycles. The molecule has 0 aromatic rings. The summed E-state index contributed by atoms with van der Waals surface area (Å²) in [5.41, 5.74) is 4.54. The molecule has 4 heteroatoms. The SMILES string of the molecule is CCOC(N)=O.[Cu+]. The minimum atomic E-state index is -0.711. The molecule has 0 aromatic heterocycles. The number of primary amides is 1. The van der Waals surface area contributed by atoms with Crippen LogP contribution in [0.25, 0.3) is 0 Å². The molecular weight excluding hydrogens is 146 g/mol. The molecule has 0 aliphatic rings. The summed E-state index contributed by atoms with van der Waals surface area (Å²) in [4.78, 5) is 9.60. The van der Waals surface area contributed by atoms with Crippen molar-refractivity contribution in [3.63, 3.8) is 0 Å². The number of hydrogen-bond acceptors (Lipinski definition) is 2. The Balaban J connectivity index is 0. The first kappa shape index (κ1) is 9.92. The molecule has 0 atom stereocenters. The topological polar surface area (TPSA) is 52.3 Å². The van der Waals surface area contributed by atoms with Crippen LogP contribution in [0.4, 0.5) is 4.79 Å². The number of amides is 1. The second-order valence-corrected chi connectivity index (χ2v) is 0.752. The molecule has 0 aromatic carbocycles. The smallest absolute Gasteiger partial charge is 0.450 e. The van der Waals surface area contributed by atoms with Gasteiger partial charge in [-0.2, -0.15) is 0 Å². The van der Waals surface area contributed by atoms with Crippen molar-refractivity contribution in [1.82, 2.24) is 0 Å². The number of nitrogens with two attached hydrogens (primary N) is 1. The van der Waals surface area contributed by atoms with Crippen molar-refractivity contribution in [3.8, 4) is 0 Å². The van der Waals surface area contributed by atoms with Gasteiger partial charge in [-0.25, -0.2) is 4.79 Å². The summed E-state index contributed by atoms with van der Waals surface area (Å²) in [6, 6.07) is 0. The van der Waals surface area contributed by atoms with Gasteiger partial charge in [-0.15, -0.1) is 0 Å². The van der Waals surface area contributed by atoms with Gasteiger partial charge in [-0.3, -0.25) is 0 Å². The summed E-state index contributed by atoms with van der Waals surface area (Å²) in [6.45, 7) is 2.06. The van der Waals surface area contributed by atoms with E-state index in [9.17, 15) is 4.79 Å². The van der Waals surface area contributed by atoms with Crippen LogP contribution in [0, 0.1) is 0 Å². The standard InChI is InChI=1S/C3H7NO2.Cu/c1-2-6-3(4)5;/h2H2,1H3,(H2,4,5);/q;+1. The van der Waals surface area contributed by atoms with Crippen molar-refractivity contribution in [2.45, 2.75) is 6.92 Å². The number of rotatable bonds is 1. The first-order valence-electron chi connectivity index (χ1n) is 1.69. The fraction of sp³-hybridized carbons (Fsp3) is 0.667. The van der Waals surface area contributed by atoms with Crippen LogP contribution in [0.1, 0.15) is 6.92 Å². The fourth-order valence-electron chi connectivity index (χ4n) is 0.142. The Morgan fingerprint density at radius 1 is 1.86 bits per heavy atom. The third-order valence-corrected chi connectivity index (χ3v) is 0.287. The molecule has 3 nitrogen and oxygen atoms in total. The van der Waals surface area contributed by atoms with E-state index < -0.39 is 6.09 Å². The Morgan fingerprint density at radius 3 is 2.29 bits per heavy atom. The largest absolute Gasteiger partial charge is 1.00 e. The summed E-state index contributed by atoms with van der Waals surface area (Å²) in [5.74, 6) is 0. The summed E-state index contributed by atoms with van der Waals surface area (Å²) in [6.07, 6.45) is -0.711. The van der Waals surface area contributed by atoms with Gasteiger partial charge in [0.1, 0.15) is 0 Å². The minimum absolute atomic E-state index is 0. The van der Waals surface area contributed by atoms with Gasteiger partial charge >= 0.3 is 23.2 Å². The van der Waals surface area contributed by atoms with Gasteiger partial charge in [0.25, 0.3) is 0 Å². The van der Waals surface area contributed by atoms with Gasteiger partial charge in [0, 0.05) is 0 Å². The zero-order chi connectivity index (χ0) is 4.99. The Labute approximate surface area is 52.7 Å². The average Bonchev–Trinajstić information content (AvgIpc) is 1.35. The van der Waals surface area contributed by atoms with Crippen LogP contribution >= 0.6 is 0 Å². The fourth-order valence-corrected chi connectivity index (χ4v) is 0.142. The molecule has 0 fully saturated rings. The molecule has 46 valence electrons. The quantitative estimate of drug-likeness (QED) is 0.542. The van der Waals surface area contributed by atoms with Crippen molar-refractivity contribution < 1.29 is 26.6 Å². The molecule has 0 radical (unpaired) electrons. The Kier molecular flexibility index (Phi) is 8.21. The zero-order valence-corrected chi connectivity index (χ0v) is 4.84. The molecule has 0 aliphatic heterocycles. The van der Waals surface area contributed by atoms with Crippen LogP contribution in [-0.4, -0.2) is 12.7 Å². The molecule has 0 saturated carbocycles. The number of ether oxygens (including phenoxy) is 1. The third-order valence-electron chi connectivity index (χ3n) is 0.287. The molecule has 2 N–H and O–H groups in total. The molecular formula is C3H7CuNO2+. The van der Waals surface area contributed by atoms with Crippen LogP contribution in [-0.2, 0) is 21.8 Å². The van der Waals surface area contributed by atoms with Crippen LogP contribution in [0.15, 0.2) is 0 Å². The first-order valence-corrected chi connectivity index (χ1v) is 1.69. The Hall–Kier alpha value is -0.211. The van der Waals surface area contributed by atoms with E-state index in [1.54, 1.807) is 6.92 Å². The van der Waals surface area contributed by atoms with E-state index in [1.807, 2.05) is 0 Å². The maximum Gasteiger partial charge on any atom is 1.00 e. The number of carbonyl (C=O) groups is 1. The second-order valence-electron chi connectivity index (χ2n) is 0.752. The van der Waals surface area contributed by atoms with Crippen molar-refractivity contribution >= 4 is 6.09 Å². The van der Waals surface area contributed by atoms with Crippen molar-refractivity contribution in [2.24, 2.45) is 5.73 Å². The zero-order valence-electron chi connectivity index (χ0n) is 3.90. The molecule has 1 amide bonds. The van der Waals surface area contributed by atoms with E-state index in [4.69, 9.17) is 0 Å². The van der Waals surface area contributed by atoms with Crippen molar-refractivity contribution in [1.29, 1.82) is 0 Å². The van der Waals surface area contributed by atoms with E-state index in [0.29, 0.717) is 6.61 Å². The van der Waals surface area contributed by atoms with Gasteiger partial charge in [0.2, 0.25) is 0 Å². The van der Waals surface area contributed by atoms with Crippen molar-refractivity contribution in [3.05, 3.63) is 0 Å². The Morgan fingerprint density at radius 2 is 2.29 bits per heavy atom. The molecule has 0 aliphatic carbocycles. The molecule has 0 unspecified atom stereocenters. The average molecular weight is 153 g/mol. The van der Waals surface area contributed by atoms with E-state index in [-0.39, 0.29) is 17.1 Å². The molecule has 7 heavy (non-hydrogen) atoms. The maximum atomic E-state index is 9.60. The van der Waals surface area contributed by atoms with Gasteiger partial charge in [-0.1, -0.05) is 0 Å². The van der Waals surface area contributed by atoms with E-state index in [1.165, 1.54) is 0 Å². The molecule has 0 spiro atoms. The summed E-state index contributed by atoms with van der Waals surface area (Å²) in [7, 11) is 0. The summed E-state index contributed by atoms with van der Waals surface area (Å²) in [5, 5.41) is 0. The van der Waals surface area contributed by atoms with E-state index in [0.717, 1.165) is 0 Å². The number of carbonyl (C=O) groups excluding carboxylic acids is 1. The van der Waals surface area contributed by atoms with Crippen LogP contribution in [0.3, 0.4) is 0 Å². The van der Waals surface area contributed by atoms with Gasteiger partial charge in [0.15, 0.2) is 0 Å². The summed E-state index contributed by atoms with van der Waals surface area (Å²) < 4.78 is 4.18. The van der Waals surface area contributed by atoms with Gasteiger partial charge in [0.05, 0.1) is 6.61 Å². The van der Waals surface area contributed by atoms with Crippen LogP contribution < -0.4 is 5.73 Å². The Bertz CT molecular complexity index is 56.9. The minimum Gasteiger partial charge on any atom is -0.450 e. The van der Waals surface area contributed by atoms with Gasteiger partial charge < -0.3 is 10.5 Å². The third kappa shape index (κ3) is 10.7. The predicted molar refractivity (Wildman–Crippen MR) is 21.2 cm³/mol. The molecule has 0 bridgehead atoms. The van der Waals surface area contributed by atoms with E-state index >= 15 is 0 Å². The number of hydrogen-bond donors (Lipinski definition) is 1. The summed E-state index contributed by atoms with van der Waals surface area (Å²) >= 11 is 0. The monoisotopic (exact) mass is 152 g/mol. The molecule has 0 heterocycles. The predicted octanol–water partition coefficient (Wildman–Crippen LogP) is 0.0991. The van der Waals surface area contributed by atoms with Gasteiger partial charge in [-0.05, 0) is 6.92 Å². The maximum absolute atomic E-state index is 9.60. The van der Waals surface area contributed by atoms with E-state index in [2.05, 4.69) is 10.5 Å². The normalized spacial score (nSPS) is 6.43. The van der Waals surface area contributed by atoms with Crippen LogP contribution in [0.5, 0.6) is 0 Å². The first-order chi connectivity index (χ1) is 2.77. The van der Waals surface area contributed by atoms with Crippen LogP contribution in [0.2, 0.25) is 0 Å². The molecule has 0 rings (SSSR count). The second kappa shape index (κ2) is 5.79.